The summed E-state index contributed by atoms with van der Waals surface area (Å²) in [5, 5.41) is 13.4. The third-order valence-electron chi connectivity index (χ3n) is 2.63. The lowest BCUT2D eigenvalue weighted by atomic mass is 10.1. The van der Waals surface area contributed by atoms with Crippen molar-refractivity contribution in [2.45, 2.75) is 13.0 Å². The molecule has 1 aromatic carbocycles. The highest BCUT2D eigenvalue weighted by atomic mass is 16.6. The Morgan fingerprint density at radius 1 is 1.53 bits per heavy atom. The third-order valence-corrected chi connectivity index (χ3v) is 2.63. The molecule has 0 aliphatic carbocycles. The van der Waals surface area contributed by atoms with Gasteiger partial charge in [-0.1, -0.05) is 0 Å². The molecule has 1 amide bonds. The number of nitro benzene ring substituents is 1. The van der Waals surface area contributed by atoms with E-state index in [1.54, 1.807) is 0 Å². The van der Waals surface area contributed by atoms with Crippen LogP contribution in [0.2, 0.25) is 0 Å². The Labute approximate surface area is 107 Å². The maximum atomic E-state index is 11.5. The van der Waals surface area contributed by atoms with E-state index in [1.807, 2.05) is 0 Å². The molecule has 0 radical (unpaired) electrons. The van der Waals surface area contributed by atoms with E-state index in [4.69, 9.17) is 4.74 Å². The van der Waals surface area contributed by atoms with Crippen molar-refractivity contribution in [3.63, 3.8) is 0 Å². The molecule has 0 aromatic heterocycles. The van der Waals surface area contributed by atoms with Gasteiger partial charge in [-0.3, -0.25) is 14.9 Å². The number of carbonyl (C=O) groups is 2. The van der Waals surface area contributed by atoms with E-state index in [0.717, 1.165) is 13.2 Å². The molecule has 100 valence electrons. The van der Waals surface area contributed by atoms with E-state index in [2.05, 4.69) is 10.1 Å². The van der Waals surface area contributed by atoms with E-state index in [-0.39, 0.29) is 17.0 Å². The molecule has 1 aliphatic rings. The molecule has 1 unspecified atom stereocenters. The number of anilines is 1. The molecule has 19 heavy (non-hydrogen) atoms. The second-order valence-corrected chi connectivity index (χ2v) is 3.86. The van der Waals surface area contributed by atoms with Crippen molar-refractivity contribution >= 4 is 23.3 Å². The molecule has 1 aliphatic heterocycles. The van der Waals surface area contributed by atoms with Gasteiger partial charge in [-0.2, -0.15) is 0 Å². The van der Waals surface area contributed by atoms with Gasteiger partial charge >= 0.3 is 5.97 Å². The highest BCUT2D eigenvalue weighted by Gasteiger charge is 2.30. The molecule has 2 rings (SSSR count). The minimum atomic E-state index is -0.859. The van der Waals surface area contributed by atoms with Crippen LogP contribution in [0.5, 0.6) is 5.75 Å². The van der Waals surface area contributed by atoms with E-state index in [1.165, 1.54) is 13.0 Å². The summed E-state index contributed by atoms with van der Waals surface area (Å²) in [6.45, 7) is 1.51. The molecule has 0 spiro atoms. The number of esters is 1. The summed E-state index contributed by atoms with van der Waals surface area (Å²) in [7, 11) is 1.11. The lowest BCUT2D eigenvalue weighted by molar-refractivity contribution is -0.385. The van der Waals surface area contributed by atoms with Gasteiger partial charge < -0.3 is 14.8 Å². The predicted octanol–water partition coefficient (Wildman–Crippen LogP) is 1.10. The summed E-state index contributed by atoms with van der Waals surface area (Å²) < 4.78 is 9.70. The quantitative estimate of drug-likeness (QED) is 0.488. The van der Waals surface area contributed by atoms with Crippen LogP contribution in [0.1, 0.15) is 17.3 Å². The molecule has 8 nitrogen and oxygen atoms in total. The van der Waals surface area contributed by atoms with E-state index >= 15 is 0 Å². The number of amides is 1. The summed E-state index contributed by atoms with van der Waals surface area (Å²) in [6.07, 6.45) is -0.754. The van der Waals surface area contributed by atoms with Gasteiger partial charge in [0.05, 0.1) is 23.8 Å². The number of carbonyl (C=O) groups excluding carboxylic acids is 2. The first-order valence-corrected chi connectivity index (χ1v) is 5.32. The number of methoxy groups -OCH3 is 1. The molecular weight excluding hydrogens is 256 g/mol. The molecule has 0 saturated heterocycles. The highest BCUT2D eigenvalue weighted by Crippen LogP contribution is 2.36. The lowest BCUT2D eigenvalue weighted by Crippen LogP contribution is -2.34. The monoisotopic (exact) mass is 266 g/mol. The Morgan fingerprint density at radius 3 is 2.79 bits per heavy atom. The molecule has 0 bridgehead atoms. The van der Waals surface area contributed by atoms with Crippen LogP contribution in [0.25, 0.3) is 0 Å². The molecule has 1 heterocycles. The van der Waals surface area contributed by atoms with Crippen LogP contribution in [0, 0.1) is 10.1 Å². The van der Waals surface area contributed by atoms with Crippen LogP contribution in [-0.4, -0.2) is 30.0 Å². The Balaban J connectivity index is 2.57. The van der Waals surface area contributed by atoms with Crippen LogP contribution >= 0.6 is 0 Å². The number of hydrogen-bond donors (Lipinski definition) is 1. The standard InChI is InChI=1S/C11H10N2O6/c1-5-10(14)12-7-3-6(11(15)18-2)8(13(16)17)4-9(7)19-5/h3-5H,1-2H3,(H,12,14). The van der Waals surface area contributed by atoms with Crippen molar-refractivity contribution in [2.75, 3.05) is 12.4 Å². The van der Waals surface area contributed by atoms with Gasteiger partial charge in [0.2, 0.25) is 0 Å². The number of nitro groups is 1. The lowest BCUT2D eigenvalue weighted by Gasteiger charge is -2.23. The minimum Gasteiger partial charge on any atom is -0.478 e. The molecular formula is C11H10N2O6. The van der Waals surface area contributed by atoms with Crippen molar-refractivity contribution in [2.24, 2.45) is 0 Å². The molecule has 8 heteroatoms. The Hall–Kier alpha value is -2.64. The number of rotatable bonds is 2. The average Bonchev–Trinajstić information content (AvgIpc) is 2.37. The SMILES string of the molecule is COC(=O)c1cc2c(cc1[N+](=O)[O-])OC(C)C(=O)N2. The second kappa shape index (κ2) is 4.56. The van der Waals surface area contributed by atoms with Crippen molar-refractivity contribution in [1.82, 2.24) is 0 Å². The van der Waals surface area contributed by atoms with Crippen LogP contribution in [0.3, 0.4) is 0 Å². The zero-order valence-corrected chi connectivity index (χ0v) is 10.1. The number of hydrogen-bond acceptors (Lipinski definition) is 6. The molecule has 0 fully saturated rings. The van der Waals surface area contributed by atoms with Crippen LogP contribution in [0.4, 0.5) is 11.4 Å². The Kier molecular flexibility index (Phi) is 3.07. The second-order valence-electron chi connectivity index (χ2n) is 3.86. The number of fused-ring (bicyclic) bond motifs is 1. The summed E-state index contributed by atoms with van der Waals surface area (Å²) in [6, 6.07) is 2.26. The highest BCUT2D eigenvalue weighted by molar-refractivity contribution is 6.01. The van der Waals surface area contributed by atoms with Gasteiger partial charge in [-0.05, 0) is 13.0 Å². The molecule has 1 atom stereocenters. The maximum Gasteiger partial charge on any atom is 0.344 e. The first-order valence-electron chi connectivity index (χ1n) is 5.32. The van der Waals surface area contributed by atoms with Crippen molar-refractivity contribution in [1.29, 1.82) is 0 Å². The van der Waals surface area contributed by atoms with Gasteiger partial charge in [-0.25, -0.2) is 4.79 Å². The average molecular weight is 266 g/mol. The summed E-state index contributed by atoms with van der Waals surface area (Å²) in [5.74, 6) is -1.11. The van der Waals surface area contributed by atoms with Crippen LogP contribution < -0.4 is 10.1 Å². The van der Waals surface area contributed by atoms with Crippen molar-refractivity contribution < 1.29 is 24.0 Å². The largest absolute Gasteiger partial charge is 0.478 e. The molecule has 1 N–H and O–H groups in total. The van der Waals surface area contributed by atoms with Gasteiger partial charge in [0.1, 0.15) is 5.56 Å². The van der Waals surface area contributed by atoms with Gasteiger partial charge in [0.25, 0.3) is 11.6 Å². The fourth-order valence-electron chi connectivity index (χ4n) is 1.67. The van der Waals surface area contributed by atoms with Crippen LogP contribution in [0.15, 0.2) is 12.1 Å². The van der Waals surface area contributed by atoms with Gasteiger partial charge in [0.15, 0.2) is 11.9 Å². The molecule has 1 aromatic rings. The Bertz CT molecular complexity index is 583. The van der Waals surface area contributed by atoms with E-state index < -0.39 is 28.6 Å². The topological polar surface area (TPSA) is 108 Å². The third kappa shape index (κ3) is 2.19. The fraction of sp³-hybridized carbons (Fsp3) is 0.273. The zero-order valence-electron chi connectivity index (χ0n) is 10.1. The smallest absolute Gasteiger partial charge is 0.344 e. The first-order chi connectivity index (χ1) is 8.93. The van der Waals surface area contributed by atoms with E-state index in [0.29, 0.717) is 0 Å². The number of ether oxygens (including phenoxy) is 2. The maximum absolute atomic E-state index is 11.5. The summed E-state index contributed by atoms with van der Waals surface area (Å²) in [4.78, 5) is 33.1. The zero-order chi connectivity index (χ0) is 14.2. The predicted molar refractivity (Wildman–Crippen MR) is 63.2 cm³/mol. The van der Waals surface area contributed by atoms with Gasteiger partial charge in [-0.15, -0.1) is 0 Å². The number of nitrogens with zero attached hydrogens (tertiary/aromatic N) is 1. The van der Waals surface area contributed by atoms with Crippen molar-refractivity contribution in [3.8, 4) is 5.75 Å². The minimum absolute atomic E-state index is 0.145. The summed E-state index contributed by atoms with van der Waals surface area (Å²) >= 11 is 0. The fourth-order valence-corrected chi connectivity index (χ4v) is 1.67. The van der Waals surface area contributed by atoms with Gasteiger partial charge in [0, 0.05) is 0 Å². The van der Waals surface area contributed by atoms with E-state index in [9.17, 15) is 19.7 Å². The summed E-state index contributed by atoms with van der Waals surface area (Å²) in [5.41, 5.74) is -0.479. The number of nitrogens with one attached hydrogen (secondary N) is 1. The Morgan fingerprint density at radius 2 is 2.21 bits per heavy atom. The number of benzene rings is 1. The molecule has 0 saturated carbocycles. The van der Waals surface area contributed by atoms with Crippen LogP contribution in [-0.2, 0) is 9.53 Å². The van der Waals surface area contributed by atoms with Crippen molar-refractivity contribution in [3.05, 3.63) is 27.8 Å². The first kappa shape index (κ1) is 12.8. The normalized spacial score (nSPS) is 16.9.